The highest BCUT2D eigenvalue weighted by Crippen LogP contribution is 2.22. The molecule has 0 bridgehead atoms. The van der Waals surface area contributed by atoms with E-state index in [1.54, 1.807) is 0 Å². The van der Waals surface area contributed by atoms with E-state index in [1.807, 2.05) is 17.0 Å². The Labute approximate surface area is 136 Å². The van der Waals surface area contributed by atoms with Gasteiger partial charge in [0.2, 0.25) is 0 Å². The van der Waals surface area contributed by atoms with Crippen molar-refractivity contribution >= 4 is 11.7 Å². The van der Waals surface area contributed by atoms with E-state index in [1.165, 1.54) is 30.3 Å². The molecular formula is C18H20N4O. The molecule has 4 rings (SSSR count). The maximum Gasteiger partial charge on any atom is 0.272 e. The van der Waals surface area contributed by atoms with Crippen molar-refractivity contribution in [2.75, 3.05) is 24.5 Å². The van der Waals surface area contributed by atoms with Crippen LogP contribution in [-0.4, -0.2) is 40.4 Å². The highest BCUT2D eigenvalue weighted by Gasteiger charge is 2.23. The van der Waals surface area contributed by atoms with Gasteiger partial charge in [-0.2, -0.15) is 0 Å². The van der Waals surface area contributed by atoms with Gasteiger partial charge in [0, 0.05) is 32.2 Å². The number of amides is 1. The Kier molecular flexibility index (Phi) is 3.69. The number of hydrogen-bond acceptors (Lipinski definition) is 4. The molecule has 0 unspecified atom stereocenters. The van der Waals surface area contributed by atoms with Crippen molar-refractivity contribution in [2.45, 2.75) is 25.8 Å². The minimum atomic E-state index is 0.00218. The van der Waals surface area contributed by atoms with Crippen LogP contribution in [0.5, 0.6) is 0 Å². The highest BCUT2D eigenvalue weighted by atomic mass is 16.2. The third kappa shape index (κ3) is 2.79. The summed E-state index contributed by atoms with van der Waals surface area (Å²) < 4.78 is 0. The smallest absolute Gasteiger partial charge is 0.272 e. The number of hydrogen-bond donors (Lipinski definition) is 0. The summed E-state index contributed by atoms with van der Waals surface area (Å²) in [6, 6.07) is 10.2. The van der Waals surface area contributed by atoms with Crippen molar-refractivity contribution in [3.63, 3.8) is 0 Å². The molecular weight excluding hydrogens is 288 g/mol. The molecule has 5 heteroatoms. The zero-order valence-electron chi connectivity index (χ0n) is 13.1. The van der Waals surface area contributed by atoms with E-state index in [2.05, 4.69) is 33.1 Å². The van der Waals surface area contributed by atoms with Crippen LogP contribution >= 0.6 is 0 Å². The Hall–Kier alpha value is -2.43. The van der Waals surface area contributed by atoms with E-state index in [0.717, 1.165) is 31.9 Å². The first-order valence-electron chi connectivity index (χ1n) is 8.24. The predicted octanol–water partition coefficient (Wildman–Crippen LogP) is 2.28. The predicted molar refractivity (Wildman–Crippen MR) is 88.4 cm³/mol. The van der Waals surface area contributed by atoms with Crippen LogP contribution in [0.4, 0.5) is 5.82 Å². The van der Waals surface area contributed by atoms with Gasteiger partial charge < -0.3 is 9.80 Å². The molecule has 118 valence electrons. The average molecular weight is 308 g/mol. The molecule has 1 aromatic heterocycles. The van der Waals surface area contributed by atoms with Gasteiger partial charge in [0.25, 0.3) is 5.91 Å². The zero-order valence-corrected chi connectivity index (χ0v) is 13.1. The van der Waals surface area contributed by atoms with Crippen LogP contribution in [0.2, 0.25) is 0 Å². The van der Waals surface area contributed by atoms with Crippen molar-refractivity contribution in [2.24, 2.45) is 0 Å². The summed E-state index contributed by atoms with van der Waals surface area (Å²) in [7, 11) is 0. The molecule has 0 atom stereocenters. The normalized spacial score (nSPS) is 17.2. The third-order valence-corrected chi connectivity index (χ3v) is 4.72. The van der Waals surface area contributed by atoms with E-state index in [4.69, 9.17) is 0 Å². The molecule has 1 amide bonds. The van der Waals surface area contributed by atoms with Gasteiger partial charge in [0.05, 0.1) is 0 Å². The monoisotopic (exact) mass is 308 g/mol. The lowest BCUT2D eigenvalue weighted by atomic mass is 10.00. The molecule has 3 heterocycles. The molecule has 0 spiro atoms. The van der Waals surface area contributed by atoms with Gasteiger partial charge in [0.15, 0.2) is 0 Å². The number of carbonyl (C=O) groups is 1. The van der Waals surface area contributed by atoms with Crippen molar-refractivity contribution in [1.29, 1.82) is 0 Å². The Morgan fingerprint density at radius 3 is 2.61 bits per heavy atom. The summed E-state index contributed by atoms with van der Waals surface area (Å²) in [5.74, 6) is 0.876. The fourth-order valence-corrected chi connectivity index (χ4v) is 3.41. The van der Waals surface area contributed by atoms with Gasteiger partial charge >= 0.3 is 0 Å². The number of carbonyl (C=O) groups excluding carboxylic acids is 1. The van der Waals surface area contributed by atoms with Gasteiger partial charge in [-0.3, -0.25) is 4.79 Å². The minimum Gasteiger partial charge on any atom is -0.357 e. The van der Waals surface area contributed by atoms with Gasteiger partial charge in [-0.25, -0.2) is 9.97 Å². The van der Waals surface area contributed by atoms with Crippen molar-refractivity contribution in [3.05, 3.63) is 53.5 Å². The molecule has 0 N–H and O–H groups in total. The first-order chi connectivity index (χ1) is 11.3. The van der Waals surface area contributed by atoms with Crippen LogP contribution in [0, 0.1) is 0 Å². The lowest BCUT2D eigenvalue weighted by Crippen LogP contribution is -2.36. The van der Waals surface area contributed by atoms with Crippen LogP contribution in [-0.2, 0) is 13.0 Å². The molecule has 0 saturated carbocycles. The second kappa shape index (κ2) is 5.99. The van der Waals surface area contributed by atoms with Crippen LogP contribution in [0.15, 0.2) is 36.7 Å². The SMILES string of the molecule is O=C(c1cc(N2CCCC2)ncn1)N1CCc2ccccc2C1. The number of nitrogens with zero attached hydrogens (tertiary/aromatic N) is 4. The molecule has 1 fully saturated rings. The molecule has 1 saturated heterocycles. The lowest BCUT2D eigenvalue weighted by Gasteiger charge is -2.28. The zero-order chi connectivity index (χ0) is 15.6. The van der Waals surface area contributed by atoms with Crippen LogP contribution in [0.25, 0.3) is 0 Å². The number of benzene rings is 1. The molecule has 0 aliphatic carbocycles. The summed E-state index contributed by atoms with van der Waals surface area (Å²) in [6.45, 7) is 3.44. The van der Waals surface area contributed by atoms with Crippen LogP contribution < -0.4 is 4.90 Å². The first-order valence-corrected chi connectivity index (χ1v) is 8.24. The van der Waals surface area contributed by atoms with Crippen molar-refractivity contribution in [1.82, 2.24) is 14.9 Å². The van der Waals surface area contributed by atoms with Gasteiger partial charge in [0.1, 0.15) is 17.8 Å². The van der Waals surface area contributed by atoms with E-state index in [9.17, 15) is 4.79 Å². The summed E-state index contributed by atoms with van der Waals surface area (Å²) in [4.78, 5) is 25.4. The van der Waals surface area contributed by atoms with E-state index in [-0.39, 0.29) is 5.91 Å². The quantitative estimate of drug-likeness (QED) is 0.854. The fraction of sp³-hybridized carbons (Fsp3) is 0.389. The standard InChI is InChI=1S/C18H20N4O/c23-18(22-10-7-14-5-1-2-6-15(14)12-22)16-11-17(20-13-19-16)21-8-3-4-9-21/h1-2,5-6,11,13H,3-4,7-10,12H2. The number of rotatable bonds is 2. The van der Waals surface area contributed by atoms with Crippen molar-refractivity contribution in [3.8, 4) is 0 Å². The summed E-state index contributed by atoms with van der Waals surface area (Å²) in [6.07, 6.45) is 4.80. The molecule has 2 aromatic rings. The largest absolute Gasteiger partial charge is 0.357 e. The second-order valence-electron chi connectivity index (χ2n) is 6.20. The fourth-order valence-electron chi connectivity index (χ4n) is 3.41. The Morgan fingerprint density at radius 2 is 1.78 bits per heavy atom. The number of fused-ring (bicyclic) bond motifs is 1. The number of anilines is 1. The summed E-state index contributed by atoms with van der Waals surface area (Å²) in [5.41, 5.74) is 3.08. The third-order valence-electron chi connectivity index (χ3n) is 4.72. The molecule has 0 radical (unpaired) electrons. The molecule has 2 aliphatic heterocycles. The minimum absolute atomic E-state index is 0.00218. The van der Waals surface area contributed by atoms with Gasteiger partial charge in [-0.1, -0.05) is 24.3 Å². The maximum absolute atomic E-state index is 12.8. The topological polar surface area (TPSA) is 49.3 Å². The van der Waals surface area contributed by atoms with E-state index >= 15 is 0 Å². The maximum atomic E-state index is 12.8. The van der Waals surface area contributed by atoms with Crippen LogP contribution in [0.3, 0.4) is 0 Å². The molecule has 1 aromatic carbocycles. The second-order valence-corrected chi connectivity index (χ2v) is 6.20. The molecule has 23 heavy (non-hydrogen) atoms. The summed E-state index contributed by atoms with van der Waals surface area (Å²) in [5, 5.41) is 0. The van der Waals surface area contributed by atoms with E-state index < -0.39 is 0 Å². The Balaban J connectivity index is 1.54. The Bertz CT molecular complexity index is 724. The molecule has 5 nitrogen and oxygen atoms in total. The van der Waals surface area contributed by atoms with Crippen molar-refractivity contribution < 1.29 is 4.79 Å². The van der Waals surface area contributed by atoms with Gasteiger partial charge in [-0.15, -0.1) is 0 Å². The molecule has 2 aliphatic rings. The number of aromatic nitrogens is 2. The lowest BCUT2D eigenvalue weighted by molar-refractivity contribution is 0.0728. The van der Waals surface area contributed by atoms with Crippen LogP contribution in [0.1, 0.15) is 34.5 Å². The van der Waals surface area contributed by atoms with Gasteiger partial charge in [-0.05, 0) is 30.4 Å². The highest BCUT2D eigenvalue weighted by molar-refractivity contribution is 5.93. The van der Waals surface area contributed by atoms with E-state index in [0.29, 0.717) is 12.2 Å². The first kappa shape index (κ1) is 14.2. The summed E-state index contributed by atoms with van der Waals surface area (Å²) >= 11 is 0. The average Bonchev–Trinajstić information content (AvgIpc) is 3.15. The Morgan fingerprint density at radius 1 is 1.00 bits per heavy atom.